The van der Waals surface area contributed by atoms with Crippen molar-refractivity contribution in [2.24, 2.45) is 0 Å². The Balaban J connectivity index is 1.94. The van der Waals surface area contributed by atoms with Crippen LogP contribution in [0.1, 0.15) is 0 Å². The van der Waals surface area contributed by atoms with Crippen LogP contribution in [0.3, 0.4) is 0 Å². The minimum absolute atomic E-state index is 0.290. The van der Waals surface area contributed by atoms with Crippen molar-refractivity contribution in [1.29, 1.82) is 0 Å². The van der Waals surface area contributed by atoms with Gasteiger partial charge in [-0.1, -0.05) is 42.5 Å². The van der Waals surface area contributed by atoms with Gasteiger partial charge in [-0.2, -0.15) is 0 Å². The number of H-pyrrole nitrogens is 1. The Morgan fingerprint density at radius 2 is 1.67 bits per heavy atom. The van der Waals surface area contributed by atoms with Crippen molar-refractivity contribution in [3.05, 3.63) is 60.9 Å². The molecule has 0 bridgehead atoms. The molecule has 0 aliphatic heterocycles. The molecule has 0 atom stereocenters. The fourth-order valence-corrected chi connectivity index (χ4v) is 3.32. The van der Waals surface area contributed by atoms with Crippen LogP contribution in [0.2, 0.25) is 0 Å². The van der Waals surface area contributed by atoms with Crippen molar-refractivity contribution in [1.82, 2.24) is 19.6 Å². The molecule has 4 aromatic rings. The zero-order valence-electron chi connectivity index (χ0n) is 12.8. The number of hydrogen-bond acceptors (Lipinski definition) is 4. The van der Waals surface area contributed by atoms with Crippen molar-refractivity contribution in [2.45, 2.75) is 4.90 Å². The zero-order chi connectivity index (χ0) is 16.7. The molecular formula is C17H14N4O2S. The summed E-state index contributed by atoms with van der Waals surface area (Å²) in [5.74, 6) is 0.566. The van der Waals surface area contributed by atoms with Gasteiger partial charge in [0.25, 0.3) is 5.78 Å². The van der Waals surface area contributed by atoms with E-state index in [0.29, 0.717) is 5.78 Å². The Morgan fingerprint density at radius 3 is 2.33 bits per heavy atom. The first-order chi connectivity index (χ1) is 11.5. The van der Waals surface area contributed by atoms with Crippen LogP contribution in [0.5, 0.6) is 0 Å². The molecule has 0 aliphatic carbocycles. The number of hydrogen-bond donors (Lipinski definition) is 1. The first-order valence-electron chi connectivity index (χ1n) is 7.32. The van der Waals surface area contributed by atoms with Crippen molar-refractivity contribution in [3.63, 3.8) is 0 Å². The number of imidazole rings is 1. The van der Waals surface area contributed by atoms with E-state index in [1.807, 2.05) is 30.3 Å². The van der Waals surface area contributed by atoms with Gasteiger partial charge in [-0.25, -0.2) is 22.9 Å². The van der Waals surface area contributed by atoms with Crippen molar-refractivity contribution in [2.75, 3.05) is 6.26 Å². The summed E-state index contributed by atoms with van der Waals surface area (Å²) in [4.78, 5) is 9.09. The fourth-order valence-electron chi connectivity index (χ4n) is 2.69. The number of aromatic nitrogens is 4. The van der Waals surface area contributed by atoms with E-state index in [9.17, 15) is 8.42 Å². The average molecular weight is 338 g/mol. The zero-order valence-corrected chi connectivity index (χ0v) is 13.7. The molecule has 120 valence electrons. The molecule has 24 heavy (non-hydrogen) atoms. The third-order valence-corrected chi connectivity index (χ3v) is 4.96. The van der Waals surface area contributed by atoms with Gasteiger partial charge in [-0.15, -0.1) is 0 Å². The third kappa shape index (κ3) is 2.39. The highest BCUT2D eigenvalue weighted by atomic mass is 32.2. The molecular weight excluding hydrogens is 324 g/mol. The maximum atomic E-state index is 11.7. The van der Waals surface area contributed by atoms with Crippen LogP contribution in [-0.2, 0) is 9.84 Å². The quantitative estimate of drug-likeness (QED) is 0.623. The molecule has 2 heterocycles. The first kappa shape index (κ1) is 14.6. The Hall–Kier alpha value is -2.93. The predicted molar refractivity (Wildman–Crippen MR) is 91.3 cm³/mol. The number of aromatic amines is 1. The van der Waals surface area contributed by atoms with E-state index in [0.717, 1.165) is 22.5 Å². The summed E-state index contributed by atoms with van der Waals surface area (Å²) in [6.45, 7) is 0. The number of fused-ring (bicyclic) bond motifs is 1. The second-order valence-corrected chi connectivity index (χ2v) is 7.51. The summed E-state index contributed by atoms with van der Waals surface area (Å²) >= 11 is 0. The number of nitrogens with one attached hydrogen (secondary N) is 1. The van der Waals surface area contributed by atoms with Crippen molar-refractivity contribution >= 4 is 15.6 Å². The highest BCUT2D eigenvalue weighted by molar-refractivity contribution is 7.90. The summed E-state index contributed by atoms with van der Waals surface area (Å²) < 4.78 is 25.1. The van der Waals surface area contributed by atoms with Crippen molar-refractivity contribution in [3.8, 4) is 22.5 Å². The Kier molecular flexibility index (Phi) is 3.24. The van der Waals surface area contributed by atoms with Gasteiger partial charge in [-0.05, 0) is 12.1 Å². The minimum Gasteiger partial charge on any atom is -0.280 e. The molecule has 0 fully saturated rings. The van der Waals surface area contributed by atoms with Crippen molar-refractivity contribution < 1.29 is 8.42 Å². The van der Waals surface area contributed by atoms with E-state index in [-0.39, 0.29) is 4.90 Å². The van der Waals surface area contributed by atoms with Gasteiger partial charge in [0, 0.05) is 17.4 Å². The number of benzene rings is 2. The molecule has 0 radical (unpaired) electrons. The lowest BCUT2D eigenvalue weighted by Gasteiger charge is -2.06. The van der Waals surface area contributed by atoms with E-state index in [1.165, 1.54) is 6.26 Å². The van der Waals surface area contributed by atoms with Crippen LogP contribution in [0, 0.1) is 0 Å². The van der Waals surface area contributed by atoms with Gasteiger partial charge in [0.2, 0.25) is 0 Å². The molecule has 1 N–H and O–H groups in total. The van der Waals surface area contributed by atoms with Crippen LogP contribution in [-0.4, -0.2) is 34.3 Å². The maximum absolute atomic E-state index is 11.7. The van der Waals surface area contributed by atoms with Crippen LogP contribution >= 0.6 is 0 Å². The second-order valence-electron chi connectivity index (χ2n) is 5.49. The largest absolute Gasteiger partial charge is 0.280 e. The summed E-state index contributed by atoms with van der Waals surface area (Å²) in [6.07, 6.45) is 2.77. The minimum atomic E-state index is -3.22. The summed E-state index contributed by atoms with van der Waals surface area (Å²) in [7, 11) is -3.22. The Labute approximate surface area is 138 Å². The van der Waals surface area contributed by atoms with Gasteiger partial charge < -0.3 is 0 Å². The third-order valence-electron chi connectivity index (χ3n) is 3.83. The molecule has 0 aliphatic rings. The number of sulfone groups is 1. The average Bonchev–Trinajstić information content (AvgIpc) is 3.15. The monoisotopic (exact) mass is 338 g/mol. The van der Waals surface area contributed by atoms with E-state index >= 15 is 0 Å². The topological polar surface area (TPSA) is 80.1 Å². The molecule has 7 heteroatoms. The van der Waals surface area contributed by atoms with E-state index < -0.39 is 9.84 Å². The SMILES string of the molecule is CS(=O)(=O)c1ccc(-c2c(-c3ccccc3)nc3nc[nH]n23)cc1. The molecule has 0 amide bonds. The normalized spacial score (nSPS) is 11.9. The van der Waals surface area contributed by atoms with E-state index in [4.69, 9.17) is 0 Å². The van der Waals surface area contributed by atoms with Crippen LogP contribution in [0.4, 0.5) is 0 Å². The molecule has 2 aromatic carbocycles. The summed E-state index contributed by atoms with van der Waals surface area (Å²) in [5, 5.41) is 3.05. The molecule has 0 saturated heterocycles. The molecule has 4 rings (SSSR count). The highest BCUT2D eigenvalue weighted by Gasteiger charge is 2.18. The second kappa shape index (κ2) is 5.31. The lowest BCUT2D eigenvalue weighted by atomic mass is 10.1. The predicted octanol–water partition coefficient (Wildman–Crippen LogP) is 2.79. The first-order valence-corrected chi connectivity index (χ1v) is 9.21. The maximum Gasteiger partial charge on any atom is 0.251 e. The highest BCUT2D eigenvalue weighted by Crippen LogP contribution is 2.32. The molecule has 0 spiro atoms. The van der Waals surface area contributed by atoms with Gasteiger partial charge in [0.15, 0.2) is 9.84 Å². The fraction of sp³-hybridized carbons (Fsp3) is 0.0588. The van der Waals surface area contributed by atoms with Gasteiger partial charge >= 0.3 is 0 Å². The lowest BCUT2D eigenvalue weighted by molar-refractivity contribution is 0.602. The molecule has 0 unspecified atom stereocenters. The van der Waals surface area contributed by atoms with Crippen LogP contribution in [0.15, 0.2) is 65.8 Å². The number of nitrogens with zero attached hydrogens (tertiary/aromatic N) is 3. The Morgan fingerprint density at radius 1 is 0.958 bits per heavy atom. The lowest BCUT2D eigenvalue weighted by Crippen LogP contribution is -1.97. The van der Waals surface area contributed by atoms with Gasteiger partial charge in [0.05, 0.1) is 4.90 Å². The van der Waals surface area contributed by atoms with E-state index in [1.54, 1.807) is 35.1 Å². The molecule has 0 saturated carbocycles. The molecule has 2 aromatic heterocycles. The molecule has 6 nitrogen and oxygen atoms in total. The van der Waals surface area contributed by atoms with Crippen LogP contribution < -0.4 is 0 Å². The van der Waals surface area contributed by atoms with Gasteiger partial charge in [0.1, 0.15) is 17.7 Å². The Bertz CT molecular complexity index is 1110. The van der Waals surface area contributed by atoms with Crippen LogP contribution in [0.25, 0.3) is 28.3 Å². The van der Waals surface area contributed by atoms with Gasteiger partial charge in [-0.3, -0.25) is 5.10 Å². The standard InChI is InChI=1S/C17H14N4O2S/c1-24(22,23)14-9-7-13(8-10-14)16-15(12-5-3-2-4-6-12)20-17-18-11-19-21(16)17/h2-11H,1H3,(H,18,19,20). The smallest absolute Gasteiger partial charge is 0.251 e. The number of rotatable bonds is 3. The summed E-state index contributed by atoms with van der Waals surface area (Å²) in [6, 6.07) is 16.6. The summed E-state index contributed by atoms with van der Waals surface area (Å²) in [5.41, 5.74) is 3.47. The van der Waals surface area contributed by atoms with E-state index in [2.05, 4.69) is 15.1 Å².